The van der Waals surface area contributed by atoms with E-state index in [0.29, 0.717) is 17.1 Å². The predicted molar refractivity (Wildman–Crippen MR) is 126 cm³/mol. The smallest absolute Gasteiger partial charge is 0.490 e. The number of aliphatic hydroxyl groups excluding tert-OH is 1. The Balaban J connectivity index is 2.06. The monoisotopic (exact) mass is 504 g/mol. The van der Waals surface area contributed by atoms with Crippen LogP contribution < -0.4 is 14.2 Å². The second kappa shape index (κ2) is 10.9. The zero-order valence-corrected chi connectivity index (χ0v) is 20.3. The summed E-state index contributed by atoms with van der Waals surface area (Å²) < 4.78 is 61.1. The van der Waals surface area contributed by atoms with Gasteiger partial charge in [0.05, 0.1) is 14.2 Å². The molecule has 2 atom stereocenters. The Morgan fingerprint density at radius 3 is 2.14 bits per heavy atom. The van der Waals surface area contributed by atoms with Crippen molar-refractivity contribution in [1.29, 1.82) is 0 Å². The second-order valence-electron chi connectivity index (χ2n) is 8.26. The summed E-state index contributed by atoms with van der Waals surface area (Å²) in [6.45, 7) is 3.06. The number of ether oxygens (including phenoxy) is 4. The Hall–Kier alpha value is -3.72. The van der Waals surface area contributed by atoms with E-state index >= 15 is 0 Å². The first-order valence-corrected chi connectivity index (χ1v) is 11.0. The van der Waals surface area contributed by atoms with Gasteiger partial charge < -0.3 is 24.1 Å². The third-order valence-electron chi connectivity index (χ3n) is 5.73. The highest BCUT2D eigenvalue weighted by Crippen LogP contribution is 2.46. The Morgan fingerprint density at radius 2 is 1.58 bits per heavy atom. The summed E-state index contributed by atoms with van der Waals surface area (Å²) in [6, 6.07) is 18.5. The number of aryl methyl sites for hydroxylation is 1. The molecular weight excluding hydrogens is 477 g/mol. The lowest BCUT2D eigenvalue weighted by Gasteiger charge is -2.37. The molecule has 1 N–H and O–H groups in total. The molecule has 0 heterocycles. The predicted octanol–water partition coefficient (Wildman–Crippen LogP) is 5.65. The van der Waals surface area contributed by atoms with E-state index in [-0.39, 0.29) is 23.5 Å². The minimum Gasteiger partial charge on any atom is -0.497 e. The van der Waals surface area contributed by atoms with Crippen LogP contribution in [-0.4, -0.2) is 31.5 Å². The van der Waals surface area contributed by atoms with E-state index in [4.69, 9.17) is 18.9 Å². The van der Waals surface area contributed by atoms with Gasteiger partial charge in [-0.1, -0.05) is 42.5 Å². The Bertz CT molecular complexity index is 1180. The number of rotatable bonds is 9. The zero-order chi connectivity index (χ0) is 26.5. The van der Waals surface area contributed by atoms with Crippen LogP contribution in [0.25, 0.3) is 0 Å². The van der Waals surface area contributed by atoms with Gasteiger partial charge in [0.25, 0.3) is 0 Å². The van der Waals surface area contributed by atoms with Crippen molar-refractivity contribution in [1.82, 2.24) is 0 Å². The van der Waals surface area contributed by atoms with E-state index in [1.54, 1.807) is 13.0 Å². The summed E-state index contributed by atoms with van der Waals surface area (Å²) in [5, 5.41) is 11.3. The fourth-order valence-electron chi connectivity index (χ4n) is 3.94. The zero-order valence-electron chi connectivity index (χ0n) is 20.3. The van der Waals surface area contributed by atoms with Gasteiger partial charge in [-0.3, -0.25) is 0 Å². The van der Waals surface area contributed by atoms with Crippen LogP contribution in [0.2, 0.25) is 0 Å². The number of carbonyl (C=O) groups excluding carboxylic acids is 1. The molecule has 0 saturated carbocycles. The Labute approximate surface area is 207 Å². The number of methoxy groups -OCH3 is 2. The maximum atomic E-state index is 13.2. The van der Waals surface area contributed by atoms with Gasteiger partial charge in [0.1, 0.15) is 30.0 Å². The summed E-state index contributed by atoms with van der Waals surface area (Å²) in [7, 11) is 2.78. The average Bonchev–Trinajstić information content (AvgIpc) is 2.86. The molecule has 0 aliphatic carbocycles. The quantitative estimate of drug-likeness (QED) is 0.380. The fraction of sp³-hybridized carbons (Fsp3) is 0.296. The van der Waals surface area contributed by atoms with Crippen molar-refractivity contribution in [2.45, 2.75) is 38.3 Å². The molecule has 3 aromatic rings. The summed E-state index contributed by atoms with van der Waals surface area (Å²) in [6.07, 6.45) is -6.96. The molecule has 3 rings (SSSR count). The van der Waals surface area contributed by atoms with Crippen molar-refractivity contribution in [3.8, 4) is 17.2 Å². The minimum absolute atomic E-state index is 0.0676. The van der Waals surface area contributed by atoms with Crippen molar-refractivity contribution >= 4 is 5.97 Å². The lowest BCUT2D eigenvalue weighted by molar-refractivity contribution is -0.223. The van der Waals surface area contributed by atoms with Crippen LogP contribution in [0.5, 0.6) is 17.2 Å². The van der Waals surface area contributed by atoms with Gasteiger partial charge in [0.15, 0.2) is 5.60 Å². The fourth-order valence-corrected chi connectivity index (χ4v) is 3.94. The molecule has 0 saturated heterocycles. The standard InChI is InChI=1S/C27H27F3O6/c1-17-14-21(35-16-18-8-6-5-7-9-18)15-22(34-4)23(17)26(2,36-25(32)27(28,29)30)24(31)19-10-12-20(33-3)13-11-19/h5-15,24,31H,16H2,1-4H3. The maximum Gasteiger partial charge on any atom is 0.490 e. The second-order valence-corrected chi connectivity index (χ2v) is 8.26. The van der Waals surface area contributed by atoms with Gasteiger partial charge >= 0.3 is 12.1 Å². The van der Waals surface area contributed by atoms with Crippen LogP contribution in [0.15, 0.2) is 66.7 Å². The van der Waals surface area contributed by atoms with Crippen LogP contribution in [-0.2, 0) is 21.7 Å². The highest BCUT2D eigenvalue weighted by atomic mass is 19.4. The first-order chi connectivity index (χ1) is 17.0. The van der Waals surface area contributed by atoms with Gasteiger partial charge in [-0.2, -0.15) is 13.2 Å². The number of alkyl halides is 3. The first-order valence-electron chi connectivity index (χ1n) is 11.0. The minimum atomic E-state index is -5.28. The molecule has 0 spiro atoms. The van der Waals surface area contributed by atoms with E-state index in [2.05, 4.69) is 0 Å². The summed E-state index contributed by atoms with van der Waals surface area (Å²) in [5.74, 6) is -1.49. The molecule has 0 aliphatic heterocycles. The molecular formula is C27H27F3O6. The maximum absolute atomic E-state index is 13.2. The summed E-state index contributed by atoms with van der Waals surface area (Å²) in [4.78, 5) is 12.0. The molecule has 0 aliphatic rings. The molecule has 2 unspecified atom stereocenters. The topological polar surface area (TPSA) is 74.2 Å². The third kappa shape index (κ3) is 5.91. The number of hydrogen-bond donors (Lipinski definition) is 1. The number of hydrogen-bond acceptors (Lipinski definition) is 6. The summed E-state index contributed by atoms with van der Waals surface area (Å²) >= 11 is 0. The van der Waals surface area contributed by atoms with Crippen LogP contribution in [0.1, 0.15) is 35.3 Å². The molecule has 36 heavy (non-hydrogen) atoms. The lowest BCUT2D eigenvalue weighted by Crippen LogP contribution is -2.41. The molecule has 3 aromatic carbocycles. The van der Waals surface area contributed by atoms with E-state index in [9.17, 15) is 23.1 Å². The van der Waals surface area contributed by atoms with Crippen LogP contribution in [0.3, 0.4) is 0 Å². The Morgan fingerprint density at radius 1 is 0.944 bits per heavy atom. The number of esters is 1. The highest BCUT2D eigenvalue weighted by Gasteiger charge is 2.50. The van der Waals surface area contributed by atoms with Crippen molar-refractivity contribution < 1.29 is 42.0 Å². The third-order valence-corrected chi connectivity index (χ3v) is 5.73. The lowest BCUT2D eigenvalue weighted by atomic mass is 9.82. The molecule has 0 aromatic heterocycles. The van der Waals surface area contributed by atoms with Crippen molar-refractivity contribution in [2.75, 3.05) is 14.2 Å². The van der Waals surface area contributed by atoms with Gasteiger partial charge in [0.2, 0.25) is 0 Å². The summed E-state index contributed by atoms with van der Waals surface area (Å²) in [5.41, 5.74) is -0.592. The van der Waals surface area contributed by atoms with Gasteiger partial charge in [-0.25, -0.2) is 4.79 Å². The normalized spacial score (nSPS) is 13.9. The Kier molecular flexibility index (Phi) is 8.14. The number of benzene rings is 3. The molecule has 6 nitrogen and oxygen atoms in total. The van der Waals surface area contributed by atoms with Gasteiger partial charge in [0, 0.05) is 11.6 Å². The van der Waals surface area contributed by atoms with Crippen molar-refractivity contribution in [2.24, 2.45) is 0 Å². The molecule has 192 valence electrons. The van der Waals surface area contributed by atoms with E-state index in [1.807, 2.05) is 30.3 Å². The number of aliphatic hydroxyl groups is 1. The first kappa shape index (κ1) is 26.9. The van der Waals surface area contributed by atoms with Gasteiger partial charge in [-0.05, 0) is 48.7 Å². The van der Waals surface area contributed by atoms with Crippen molar-refractivity contribution in [3.63, 3.8) is 0 Å². The number of halogens is 3. The molecule has 0 radical (unpaired) electrons. The van der Waals surface area contributed by atoms with Crippen LogP contribution >= 0.6 is 0 Å². The van der Waals surface area contributed by atoms with E-state index in [0.717, 1.165) is 5.56 Å². The average molecular weight is 505 g/mol. The van der Waals surface area contributed by atoms with Gasteiger partial charge in [-0.15, -0.1) is 0 Å². The molecule has 0 fully saturated rings. The van der Waals surface area contributed by atoms with Crippen molar-refractivity contribution in [3.05, 3.63) is 89.0 Å². The largest absolute Gasteiger partial charge is 0.497 e. The molecule has 0 bridgehead atoms. The molecule has 0 amide bonds. The SMILES string of the molecule is COc1ccc(C(O)C(C)(OC(=O)C(F)(F)F)c2c(C)cc(OCc3ccccc3)cc2OC)cc1. The van der Waals surface area contributed by atoms with Crippen LogP contribution in [0, 0.1) is 6.92 Å². The molecule has 9 heteroatoms. The van der Waals surface area contributed by atoms with E-state index < -0.39 is 23.9 Å². The number of carbonyl (C=O) groups is 1. The highest BCUT2D eigenvalue weighted by molar-refractivity contribution is 5.76. The van der Waals surface area contributed by atoms with Crippen LogP contribution in [0.4, 0.5) is 13.2 Å². The van der Waals surface area contributed by atoms with E-state index in [1.165, 1.54) is 51.5 Å².